The lowest BCUT2D eigenvalue weighted by Crippen LogP contribution is -2.36. The molecule has 0 bridgehead atoms. The minimum atomic E-state index is -0.897. The van der Waals surface area contributed by atoms with E-state index < -0.39 is 17.9 Å². The van der Waals surface area contributed by atoms with Crippen LogP contribution in [0.5, 0.6) is 0 Å². The van der Waals surface area contributed by atoms with Gasteiger partial charge in [0.15, 0.2) is 0 Å². The number of carboxylic acids is 1. The second-order valence-corrected chi connectivity index (χ2v) is 5.24. The number of hydrogen-bond donors (Lipinski definition) is 3. The van der Waals surface area contributed by atoms with Crippen LogP contribution >= 0.6 is 23.2 Å². The van der Waals surface area contributed by atoms with Gasteiger partial charge in [0, 0.05) is 5.02 Å². The Bertz CT molecular complexity index is 575. The van der Waals surface area contributed by atoms with Gasteiger partial charge in [-0.2, -0.15) is 0 Å². The first kappa shape index (κ1) is 14.7. The van der Waals surface area contributed by atoms with Gasteiger partial charge in [0.1, 0.15) is 0 Å². The molecule has 0 spiro atoms. The fourth-order valence-corrected chi connectivity index (χ4v) is 2.36. The fourth-order valence-electron chi connectivity index (χ4n) is 1.91. The van der Waals surface area contributed by atoms with Gasteiger partial charge in [-0.05, 0) is 24.6 Å². The molecule has 1 aromatic carbocycles. The molecule has 20 heavy (non-hydrogen) atoms. The molecule has 0 aromatic heterocycles. The lowest BCUT2D eigenvalue weighted by molar-refractivity contribution is -0.140. The van der Waals surface area contributed by atoms with Gasteiger partial charge in [-0.3, -0.25) is 4.79 Å². The Morgan fingerprint density at radius 2 is 2.00 bits per heavy atom. The van der Waals surface area contributed by atoms with E-state index in [9.17, 15) is 9.59 Å². The van der Waals surface area contributed by atoms with Gasteiger partial charge >= 0.3 is 12.0 Å². The summed E-state index contributed by atoms with van der Waals surface area (Å²) in [6.45, 7) is 0. The quantitative estimate of drug-likeness (QED) is 0.750. The Morgan fingerprint density at radius 3 is 2.60 bits per heavy atom. The van der Waals surface area contributed by atoms with Crippen molar-refractivity contribution in [1.29, 1.82) is 0 Å². The van der Waals surface area contributed by atoms with Crippen LogP contribution in [0.15, 0.2) is 30.4 Å². The monoisotopic (exact) mass is 314 g/mol. The maximum Gasteiger partial charge on any atom is 0.319 e. The Kier molecular flexibility index (Phi) is 4.52. The predicted molar refractivity (Wildman–Crippen MR) is 77.3 cm³/mol. The summed E-state index contributed by atoms with van der Waals surface area (Å²) >= 11 is 11.7. The number of carboxylic acid groups (broad SMARTS) is 1. The lowest BCUT2D eigenvalue weighted by Gasteiger charge is -2.13. The van der Waals surface area contributed by atoms with Crippen LogP contribution in [0.4, 0.5) is 10.5 Å². The van der Waals surface area contributed by atoms with Gasteiger partial charge < -0.3 is 15.7 Å². The zero-order valence-electron chi connectivity index (χ0n) is 10.3. The van der Waals surface area contributed by atoms with Crippen molar-refractivity contribution in [3.63, 3.8) is 0 Å². The molecule has 0 saturated carbocycles. The molecule has 1 aliphatic rings. The normalized spacial score (nSPS) is 20.7. The van der Waals surface area contributed by atoms with Crippen LogP contribution in [0, 0.1) is 5.92 Å². The van der Waals surface area contributed by atoms with Crippen LogP contribution < -0.4 is 10.6 Å². The van der Waals surface area contributed by atoms with E-state index in [4.69, 9.17) is 28.3 Å². The van der Waals surface area contributed by atoms with Crippen molar-refractivity contribution in [1.82, 2.24) is 5.32 Å². The van der Waals surface area contributed by atoms with Gasteiger partial charge in [0.2, 0.25) is 0 Å². The number of carbonyl (C=O) groups excluding carboxylic acids is 1. The van der Waals surface area contributed by atoms with Crippen molar-refractivity contribution < 1.29 is 14.7 Å². The highest BCUT2D eigenvalue weighted by molar-refractivity contribution is 6.36. The van der Waals surface area contributed by atoms with Crippen LogP contribution in [-0.2, 0) is 4.79 Å². The Balaban J connectivity index is 1.90. The summed E-state index contributed by atoms with van der Waals surface area (Å²) in [5, 5.41) is 14.9. The third-order valence-corrected chi connectivity index (χ3v) is 3.44. The van der Waals surface area contributed by atoms with Crippen LogP contribution in [0.25, 0.3) is 0 Å². The first-order chi connectivity index (χ1) is 9.45. The summed E-state index contributed by atoms with van der Waals surface area (Å²) < 4.78 is 0. The molecule has 1 aromatic rings. The number of benzene rings is 1. The van der Waals surface area contributed by atoms with Crippen molar-refractivity contribution >= 4 is 40.9 Å². The van der Waals surface area contributed by atoms with E-state index in [1.165, 1.54) is 6.07 Å². The number of urea groups is 1. The number of anilines is 1. The summed E-state index contributed by atoms with van der Waals surface area (Å²) in [7, 11) is 0. The van der Waals surface area contributed by atoms with Crippen molar-refractivity contribution in [2.75, 3.05) is 5.32 Å². The summed E-state index contributed by atoms with van der Waals surface area (Å²) in [5.41, 5.74) is 0.435. The molecular formula is C13H12Cl2N2O3. The van der Waals surface area contributed by atoms with E-state index in [-0.39, 0.29) is 6.04 Å². The Labute approximate surface area is 125 Å². The smallest absolute Gasteiger partial charge is 0.319 e. The molecule has 0 aliphatic heterocycles. The number of nitrogens with one attached hydrogen (secondary N) is 2. The average Bonchev–Trinajstić information content (AvgIpc) is 2.81. The molecule has 2 atom stereocenters. The fraction of sp³-hybridized carbons (Fsp3) is 0.231. The molecule has 5 nitrogen and oxygen atoms in total. The molecule has 0 saturated heterocycles. The van der Waals surface area contributed by atoms with Gasteiger partial charge in [0.05, 0.1) is 22.7 Å². The summed E-state index contributed by atoms with van der Waals surface area (Å²) in [5.74, 6) is -1.45. The minimum absolute atomic E-state index is 0.304. The van der Waals surface area contributed by atoms with Crippen LogP contribution in [0.2, 0.25) is 10.0 Å². The first-order valence-corrected chi connectivity index (χ1v) is 6.65. The third-order valence-electron chi connectivity index (χ3n) is 2.90. The lowest BCUT2D eigenvalue weighted by atomic mass is 10.1. The van der Waals surface area contributed by atoms with E-state index in [2.05, 4.69) is 10.6 Å². The number of aliphatic carboxylic acids is 1. The molecule has 0 radical (unpaired) electrons. The highest BCUT2D eigenvalue weighted by Gasteiger charge is 2.25. The summed E-state index contributed by atoms with van der Waals surface area (Å²) in [6.07, 6.45) is 3.58. The third kappa shape index (κ3) is 3.65. The van der Waals surface area contributed by atoms with Crippen molar-refractivity contribution in [3.05, 3.63) is 40.4 Å². The Hall–Kier alpha value is -1.72. The van der Waals surface area contributed by atoms with Gasteiger partial charge in [-0.15, -0.1) is 0 Å². The molecule has 3 N–H and O–H groups in total. The van der Waals surface area contributed by atoms with E-state index in [0.29, 0.717) is 22.2 Å². The maximum atomic E-state index is 11.8. The molecule has 0 fully saturated rings. The van der Waals surface area contributed by atoms with E-state index in [1.54, 1.807) is 24.3 Å². The molecule has 2 amide bonds. The van der Waals surface area contributed by atoms with Crippen molar-refractivity contribution in [2.24, 2.45) is 5.92 Å². The van der Waals surface area contributed by atoms with E-state index in [0.717, 1.165) is 0 Å². The minimum Gasteiger partial charge on any atom is -0.481 e. The van der Waals surface area contributed by atoms with Crippen LogP contribution in [0.3, 0.4) is 0 Å². The zero-order valence-corrected chi connectivity index (χ0v) is 11.8. The molecule has 1 aliphatic carbocycles. The molecular weight excluding hydrogens is 303 g/mol. The van der Waals surface area contributed by atoms with E-state index >= 15 is 0 Å². The van der Waals surface area contributed by atoms with E-state index in [1.807, 2.05) is 0 Å². The summed E-state index contributed by atoms with van der Waals surface area (Å²) in [4.78, 5) is 22.6. The van der Waals surface area contributed by atoms with Crippen LogP contribution in [-0.4, -0.2) is 23.1 Å². The van der Waals surface area contributed by atoms with Crippen molar-refractivity contribution in [2.45, 2.75) is 12.5 Å². The van der Waals surface area contributed by atoms with Gasteiger partial charge in [-0.1, -0.05) is 35.4 Å². The van der Waals surface area contributed by atoms with Crippen LogP contribution in [0.1, 0.15) is 6.42 Å². The SMILES string of the molecule is O=C(Nc1ccc(Cl)cc1Cl)NC1C=CC(C(=O)O)C1. The summed E-state index contributed by atoms with van der Waals surface area (Å²) in [6, 6.07) is 3.97. The second kappa shape index (κ2) is 6.15. The topological polar surface area (TPSA) is 78.4 Å². The molecule has 0 heterocycles. The van der Waals surface area contributed by atoms with Gasteiger partial charge in [0.25, 0.3) is 0 Å². The standard InChI is InChI=1S/C13H12Cl2N2O3/c14-8-2-4-11(10(15)6-8)17-13(20)16-9-3-1-7(5-9)12(18)19/h1-4,6-7,9H,5H2,(H,18,19)(H2,16,17,20). The molecule has 2 rings (SSSR count). The van der Waals surface area contributed by atoms with Gasteiger partial charge in [-0.25, -0.2) is 4.79 Å². The molecule has 106 valence electrons. The largest absolute Gasteiger partial charge is 0.481 e. The number of halogens is 2. The number of hydrogen-bond acceptors (Lipinski definition) is 2. The number of rotatable bonds is 3. The highest BCUT2D eigenvalue weighted by Crippen LogP contribution is 2.25. The second-order valence-electron chi connectivity index (χ2n) is 4.39. The Morgan fingerprint density at radius 1 is 1.25 bits per heavy atom. The number of carbonyl (C=O) groups is 2. The van der Waals surface area contributed by atoms with Crippen molar-refractivity contribution in [3.8, 4) is 0 Å². The predicted octanol–water partition coefficient (Wildman–Crippen LogP) is 3.14. The zero-order chi connectivity index (χ0) is 14.7. The molecule has 2 unspecified atom stereocenters. The average molecular weight is 315 g/mol. The number of amides is 2. The first-order valence-electron chi connectivity index (χ1n) is 5.89. The highest BCUT2D eigenvalue weighted by atomic mass is 35.5. The molecule has 7 heteroatoms. The maximum absolute atomic E-state index is 11.8.